The lowest BCUT2D eigenvalue weighted by atomic mass is 9.85. The average Bonchev–Trinajstić information content (AvgIpc) is 3.04. The molecule has 12 heteroatoms. The van der Waals surface area contributed by atoms with Crippen LogP contribution in [-0.4, -0.2) is 72.2 Å². The van der Waals surface area contributed by atoms with Gasteiger partial charge in [0.25, 0.3) is 0 Å². The second-order valence-electron chi connectivity index (χ2n) is 12.4. The second kappa shape index (κ2) is 9.58. The third-order valence-corrected chi connectivity index (χ3v) is 8.63. The van der Waals surface area contributed by atoms with Crippen molar-refractivity contribution in [2.75, 3.05) is 13.1 Å². The first-order chi connectivity index (χ1) is 16.9. The summed E-state index contributed by atoms with van der Waals surface area (Å²) in [5.74, 6) is -4.54. The Balaban J connectivity index is 1.85. The van der Waals surface area contributed by atoms with Gasteiger partial charge in [-0.3, -0.25) is 19.2 Å². The van der Waals surface area contributed by atoms with E-state index in [1.807, 2.05) is 26.1 Å². The number of rotatable bonds is 7. The normalized spacial score (nSPS) is 30.5. The van der Waals surface area contributed by atoms with Crippen molar-refractivity contribution in [2.45, 2.75) is 85.1 Å². The van der Waals surface area contributed by atoms with Gasteiger partial charge in [-0.05, 0) is 35.5 Å². The van der Waals surface area contributed by atoms with Gasteiger partial charge in [0.15, 0.2) is 0 Å². The van der Waals surface area contributed by atoms with Crippen molar-refractivity contribution >= 4 is 29.9 Å². The largest absolute Gasteiger partial charge is 0.471 e. The van der Waals surface area contributed by atoms with Crippen LogP contribution >= 0.6 is 0 Å². The molecule has 3 rings (SSSR count). The maximum Gasteiger partial charge on any atom is 0.471 e. The number of fused-ring (bicyclic) bond motifs is 1. The topological polar surface area (TPSA) is 125 Å². The number of carbonyl (C=O) groups excluding carboxylic acids is 5. The van der Waals surface area contributed by atoms with E-state index in [4.69, 9.17) is 0 Å². The van der Waals surface area contributed by atoms with Crippen LogP contribution in [0.1, 0.15) is 60.8 Å². The summed E-state index contributed by atoms with van der Waals surface area (Å²) < 4.78 is 39.0. The number of likely N-dealkylation sites (tertiary alicyclic amines) is 1. The highest BCUT2D eigenvalue weighted by atomic mass is 19.4. The molecule has 3 fully saturated rings. The zero-order valence-corrected chi connectivity index (χ0v) is 22.1. The smallest absolute Gasteiger partial charge is 0.356 e. The van der Waals surface area contributed by atoms with Gasteiger partial charge in [-0.1, -0.05) is 41.5 Å². The van der Waals surface area contributed by atoms with E-state index in [2.05, 4.69) is 10.6 Å². The minimum atomic E-state index is -5.18. The Morgan fingerprint density at radius 1 is 1.16 bits per heavy atom. The third kappa shape index (κ3) is 5.34. The van der Waals surface area contributed by atoms with Crippen molar-refractivity contribution in [2.24, 2.45) is 28.1 Å². The number of carbonyl (C=O) groups is 5. The van der Waals surface area contributed by atoms with E-state index in [0.717, 1.165) is 6.42 Å². The SMILES string of the molecule is CC(C)(C)[C@H](NC(=O)C(F)(F)F)C(=O)N1C[C@@]2(C)[C@@H]([C@H]1C(=O)N[C@H](C=O)CC1CCCNC1=O)C2(C)C. The average molecular weight is 531 g/mol. The van der Waals surface area contributed by atoms with E-state index in [0.29, 0.717) is 19.3 Å². The Labute approximate surface area is 214 Å². The van der Waals surface area contributed by atoms with Crippen LogP contribution in [-0.2, 0) is 24.0 Å². The Bertz CT molecular complexity index is 976. The van der Waals surface area contributed by atoms with Gasteiger partial charge in [-0.2, -0.15) is 13.2 Å². The first-order valence-electron chi connectivity index (χ1n) is 12.6. The van der Waals surface area contributed by atoms with Crippen molar-refractivity contribution < 1.29 is 37.1 Å². The summed E-state index contributed by atoms with van der Waals surface area (Å²) in [5, 5.41) is 7.23. The molecule has 1 saturated carbocycles. The van der Waals surface area contributed by atoms with Crippen LogP contribution in [0.3, 0.4) is 0 Å². The molecule has 9 nitrogen and oxygen atoms in total. The summed E-state index contributed by atoms with van der Waals surface area (Å²) in [6, 6.07) is -3.54. The quantitative estimate of drug-likeness (QED) is 0.431. The molecule has 0 radical (unpaired) electrons. The van der Waals surface area contributed by atoms with E-state index in [9.17, 15) is 37.1 Å². The van der Waals surface area contributed by atoms with Crippen LogP contribution in [0.25, 0.3) is 0 Å². The van der Waals surface area contributed by atoms with Crippen molar-refractivity contribution in [3.8, 4) is 0 Å². The number of piperidine rings is 2. The number of halogens is 3. The van der Waals surface area contributed by atoms with Gasteiger partial charge in [0.05, 0.1) is 6.04 Å². The maximum absolute atomic E-state index is 13.6. The summed E-state index contributed by atoms with van der Waals surface area (Å²) in [5.41, 5.74) is -1.89. The van der Waals surface area contributed by atoms with Gasteiger partial charge in [-0.25, -0.2) is 0 Å². The molecule has 2 heterocycles. The Morgan fingerprint density at radius 3 is 2.30 bits per heavy atom. The molecule has 2 aliphatic heterocycles. The predicted octanol–water partition coefficient (Wildman–Crippen LogP) is 1.55. The summed E-state index contributed by atoms with van der Waals surface area (Å²) >= 11 is 0. The van der Waals surface area contributed by atoms with Gasteiger partial charge in [0, 0.05) is 24.9 Å². The fraction of sp³-hybridized carbons (Fsp3) is 0.800. The minimum absolute atomic E-state index is 0.110. The van der Waals surface area contributed by atoms with Crippen molar-refractivity contribution in [1.82, 2.24) is 20.9 Å². The summed E-state index contributed by atoms with van der Waals surface area (Å²) in [7, 11) is 0. The van der Waals surface area contributed by atoms with Gasteiger partial charge in [0.2, 0.25) is 17.7 Å². The molecule has 4 amide bonds. The summed E-state index contributed by atoms with van der Waals surface area (Å²) in [6.07, 6.45) is -3.17. The van der Waals surface area contributed by atoms with Crippen molar-refractivity contribution in [3.63, 3.8) is 0 Å². The molecule has 0 aromatic rings. The number of nitrogens with zero attached hydrogens (tertiary/aromatic N) is 1. The number of hydrogen-bond donors (Lipinski definition) is 3. The fourth-order valence-electron chi connectivity index (χ4n) is 6.11. The Hall–Kier alpha value is -2.66. The number of nitrogens with one attached hydrogen (secondary N) is 3. The van der Waals surface area contributed by atoms with Crippen molar-refractivity contribution in [3.05, 3.63) is 0 Å². The second-order valence-corrected chi connectivity index (χ2v) is 12.4. The Kier molecular flexibility index (Phi) is 7.48. The van der Waals surface area contributed by atoms with E-state index >= 15 is 0 Å². The molecule has 3 N–H and O–H groups in total. The van der Waals surface area contributed by atoms with Crippen LogP contribution in [0.15, 0.2) is 0 Å². The molecule has 1 unspecified atom stereocenters. The van der Waals surface area contributed by atoms with E-state index in [1.165, 1.54) is 25.7 Å². The van der Waals surface area contributed by atoms with Gasteiger partial charge < -0.3 is 25.6 Å². The molecule has 37 heavy (non-hydrogen) atoms. The zero-order chi connectivity index (χ0) is 28.1. The summed E-state index contributed by atoms with van der Waals surface area (Å²) in [4.78, 5) is 64.1. The molecule has 0 spiro atoms. The molecule has 2 saturated heterocycles. The van der Waals surface area contributed by atoms with Crippen LogP contribution in [0.5, 0.6) is 0 Å². The highest BCUT2D eigenvalue weighted by molar-refractivity contribution is 5.95. The monoisotopic (exact) mass is 530 g/mol. The molecule has 208 valence electrons. The number of amides is 4. The highest BCUT2D eigenvalue weighted by Crippen LogP contribution is 2.74. The third-order valence-electron chi connectivity index (χ3n) is 8.63. The fourth-order valence-corrected chi connectivity index (χ4v) is 6.11. The van der Waals surface area contributed by atoms with Gasteiger partial charge in [-0.15, -0.1) is 0 Å². The molecule has 0 bridgehead atoms. The van der Waals surface area contributed by atoms with Gasteiger partial charge in [0.1, 0.15) is 18.4 Å². The van der Waals surface area contributed by atoms with Gasteiger partial charge >= 0.3 is 12.1 Å². The Morgan fingerprint density at radius 2 is 1.78 bits per heavy atom. The molecule has 0 aromatic heterocycles. The maximum atomic E-state index is 13.6. The van der Waals surface area contributed by atoms with E-state index < -0.39 is 58.8 Å². The molecular formula is C25H37F3N4O5. The summed E-state index contributed by atoms with van der Waals surface area (Å²) in [6.45, 7) is 11.1. The van der Waals surface area contributed by atoms with Crippen LogP contribution < -0.4 is 16.0 Å². The lowest BCUT2D eigenvalue weighted by Gasteiger charge is -2.38. The van der Waals surface area contributed by atoms with E-state index in [-0.39, 0.29) is 30.2 Å². The first-order valence-corrected chi connectivity index (χ1v) is 12.6. The molecule has 6 atom stereocenters. The number of hydrogen-bond acceptors (Lipinski definition) is 5. The zero-order valence-electron chi connectivity index (χ0n) is 22.1. The van der Waals surface area contributed by atoms with Crippen molar-refractivity contribution in [1.29, 1.82) is 0 Å². The van der Waals surface area contributed by atoms with Crippen LogP contribution in [0, 0.1) is 28.1 Å². The van der Waals surface area contributed by atoms with E-state index in [1.54, 1.807) is 0 Å². The first kappa shape index (κ1) is 28.9. The van der Waals surface area contributed by atoms with Crippen LogP contribution in [0.4, 0.5) is 13.2 Å². The predicted molar refractivity (Wildman–Crippen MR) is 127 cm³/mol. The minimum Gasteiger partial charge on any atom is -0.356 e. The number of aldehydes is 1. The molecule has 1 aliphatic carbocycles. The van der Waals surface area contributed by atoms with Crippen LogP contribution in [0.2, 0.25) is 0 Å². The highest BCUT2D eigenvalue weighted by Gasteiger charge is 2.77. The lowest BCUT2D eigenvalue weighted by Crippen LogP contribution is -2.61. The molecular weight excluding hydrogens is 493 g/mol. The standard InChI is InChI=1S/C25H37F3N4O5/c1-22(2,3)17(31-21(37)25(26,27)28)20(36)32-12-24(6)16(23(24,4)5)15(32)19(35)30-14(11-33)10-13-8-7-9-29-18(13)34/h11,13-17H,7-10,12H2,1-6H3,(H,29,34)(H,30,35)(H,31,37)/t13?,14-,15-,16-,17+,24-/m0/s1. The lowest BCUT2D eigenvalue weighted by molar-refractivity contribution is -0.176. The number of alkyl halides is 3. The molecule has 0 aromatic carbocycles. The molecule has 3 aliphatic rings.